The first kappa shape index (κ1) is 29.1. The van der Waals surface area contributed by atoms with Crippen LogP contribution in [0.15, 0.2) is 146 Å². The average molecular weight is 640 g/mol. The highest BCUT2D eigenvalue weighted by Crippen LogP contribution is 2.43. The summed E-state index contributed by atoms with van der Waals surface area (Å²) in [6.45, 7) is 5.94. The lowest BCUT2D eigenvalue weighted by atomic mass is 10.0. The van der Waals surface area contributed by atoms with Gasteiger partial charge in [0.05, 0.1) is 50.2 Å². The molecule has 9 rings (SSSR count). The third kappa shape index (κ3) is 3.99. The minimum atomic E-state index is 0.408. The molecule has 0 aliphatic rings. The molecule has 6 aromatic carbocycles. The number of allylic oxidation sites excluding steroid dienone is 2. The molecule has 0 unspecified atom stereocenters. The van der Waals surface area contributed by atoms with Gasteiger partial charge in [0.1, 0.15) is 17.7 Å². The fourth-order valence-electron chi connectivity index (χ4n) is 7.87. The molecule has 5 nitrogen and oxygen atoms in total. The minimum absolute atomic E-state index is 0.408. The third-order valence-electron chi connectivity index (χ3n) is 9.89. The van der Waals surface area contributed by atoms with E-state index >= 15 is 0 Å². The largest absolute Gasteiger partial charge is 0.311 e. The van der Waals surface area contributed by atoms with Crippen LogP contribution >= 0.6 is 0 Å². The second kappa shape index (κ2) is 11.3. The summed E-state index contributed by atoms with van der Waals surface area (Å²) in [7, 11) is 0. The normalized spacial score (nSPS) is 11.7. The number of nitrogens with zero attached hydrogens (tertiary/aromatic N) is 5. The molecule has 0 saturated heterocycles. The smallest absolute Gasteiger partial charge is 0.104 e. The Morgan fingerprint density at radius 1 is 0.540 bits per heavy atom. The first-order chi connectivity index (χ1) is 24.7. The Balaban J connectivity index is 1.54. The molecule has 3 aromatic heterocycles. The number of hydrogen-bond acceptors (Lipinski definition) is 2. The molecular weight excluding hydrogens is 611 g/mol. The van der Waals surface area contributed by atoms with Crippen molar-refractivity contribution in [3.8, 4) is 29.2 Å². The molecule has 0 aliphatic carbocycles. The maximum absolute atomic E-state index is 11.5. The minimum Gasteiger partial charge on any atom is -0.311 e. The second-order valence-electron chi connectivity index (χ2n) is 12.4. The molecule has 50 heavy (non-hydrogen) atoms. The van der Waals surface area contributed by atoms with Crippen LogP contribution in [0.3, 0.4) is 0 Å². The van der Waals surface area contributed by atoms with E-state index in [9.17, 15) is 10.5 Å². The maximum atomic E-state index is 11.5. The quantitative estimate of drug-likeness (QED) is 0.176. The van der Waals surface area contributed by atoms with E-state index in [2.05, 4.69) is 117 Å². The van der Waals surface area contributed by atoms with Crippen molar-refractivity contribution in [2.75, 3.05) is 0 Å². The molecule has 0 amide bonds. The zero-order chi connectivity index (χ0) is 33.9. The highest BCUT2D eigenvalue weighted by atomic mass is 15.1. The lowest BCUT2D eigenvalue weighted by molar-refractivity contribution is 1.01. The number of hydrogen-bond donors (Lipinski definition) is 0. The van der Waals surface area contributed by atoms with Crippen molar-refractivity contribution in [3.63, 3.8) is 0 Å². The van der Waals surface area contributed by atoms with E-state index < -0.39 is 0 Å². The highest BCUT2D eigenvalue weighted by Gasteiger charge is 2.28. The number of aromatic nitrogens is 3. The van der Waals surface area contributed by atoms with Crippen LogP contribution in [0, 0.1) is 29.6 Å². The Bertz CT molecular complexity index is 2880. The fourth-order valence-corrected chi connectivity index (χ4v) is 7.87. The van der Waals surface area contributed by atoms with E-state index in [4.69, 9.17) is 0 Å². The lowest BCUT2D eigenvalue weighted by Gasteiger charge is -2.22. The number of fused-ring (bicyclic) bond motifs is 7. The van der Waals surface area contributed by atoms with Crippen LogP contribution in [0.25, 0.3) is 77.7 Å². The van der Waals surface area contributed by atoms with Crippen LogP contribution in [0.1, 0.15) is 22.4 Å². The van der Waals surface area contributed by atoms with Crippen molar-refractivity contribution in [1.29, 1.82) is 10.5 Å². The third-order valence-corrected chi connectivity index (χ3v) is 9.89. The zero-order valence-electron chi connectivity index (χ0n) is 27.3. The SMILES string of the molecule is C=C/C=C\c1c(C)n(-c2c(C#N)cc(-n3c4ccccc4c4ccccc43)c(-n3c4ccccc4c4ccccc43)c2C#N)c2ccccc12. The van der Waals surface area contributed by atoms with E-state index in [1.54, 1.807) is 6.08 Å². The van der Waals surface area contributed by atoms with Gasteiger partial charge in [-0.25, -0.2) is 0 Å². The monoisotopic (exact) mass is 639 g/mol. The number of benzene rings is 6. The lowest BCUT2D eigenvalue weighted by Crippen LogP contribution is -2.12. The van der Waals surface area contributed by atoms with Gasteiger partial charge in [-0.05, 0) is 43.3 Å². The molecular formula is C45H29N5. The van der Waals surface area contributed by atoms with E-state index in [1.165, 1.54) is 0 Å². The zero-order valence-corrected chi connectivity index (χ0v) is 27.3. The van der Waals surface area contributed by atoms with Gasteiger partial charge < -0.3 is 13.7 Å². The van der Waals surface area contributed by atoms with Crippen LogP contribution in [0.2, 0.25) is 0 Å². The van der Waals surface area contributed by atoms with Crippen LogP contribution < -0.4 is 0 Å². The van der Waals surface area contributed by atoms with Gasteiger partial charge >= 0.3 is 0 Å². The van der Waals surface area contributed by atoms with Crippen LogP contribution in [-0.4, -0.2) is 13.7 Å². The van der Waals surface area contributed by atoms with E-state index in [0.717, 1.165) is 71.5 Å². The first-order valence-corrected chi connectivity index (χ1v) is 16.5. The second-order valence-corrected chi connectivity index (χ2v) is 12.4. The summed E-state index contributed by atoms with van der Waals surface area (Å²) >= 11 is 0. The van der Waals surface area contributed by atoms with Gasteiger partial charge in [0.15, 0.2) is 0 Å². The van der Waals surface area contributed by atoms with Gasteiger partial charge in [0.25, 0.3) is 0 Å². The van der Waals surface area contributed by atoms with Gasteiger partial charge in [-0.2, -0.15) is 10.5 Å². The Labute approximate surface area is 288 Å². The van der Waals surface area contributed by atoms with Crippen molar-refractivity contribution >= 4 is 60.6 Å². The van der Waals surface area contributed by atoms with Crippen molar-refractivity contribution in [1.82, 2.24) is 13.7 Å². The Morgan fingerprint density at radius 2 is 0.980 bits per heavy atom. The van der Waals surface area contributed by atoms with Crippen molar-refractivity contribution in [2.45, 2.75) is 6.92 Å². The summed E-state index contributed by atoms with van der Waals surface area (Å²) in [4.78, 5) is 0. The summed E-state index contributed by atoms with van der Waals surface area (Å²) in [5, 5.41) is 27.9. The Morgan fingerprint density at radius 3 is 1.44 bits per heavy atom. The van der Waals surface area contributed by atoms with E-state index in [-0.39, 0.29) is 0 Å². The summed E-state index contributed by atoms with van der Waals surface area (Å²) in [6.07, 6.45) is 5.72. The molecule has 0 N–H and O–H groups in total. The summed E-state index contributed by atoms with van der Waals surface area (Å²) in [5.74, 6) is 0. The van der Waals surface area contributed by atoms with Crippen LogP contribution in [-0.2, 0) is 0 Å². The Kier molecular flexibility index (Phi) is 6.56. The number of nitriles is 2. The van der Waals surface area contributed by atoms with Crippen molar-refractivity contribution < 1.29 is 0 Å². The molecule has 0 radical (unpaired) electrons. The molecule has 5 heteroatoms. The van der Waals surface area contributed by atoms with Gasteiger partial charge in [-0.3, -0.25) is 0 Å². The number of para-hydroxylation sites is 5. The first-order valence-electron chi connectivity index (χ1n) is 16.5. The molecule has 3 heterocycles. The summed E-state index contributed by atoms with van der Waals surface area (Å²) < 4.78 is 6.52. The Hall–Kier alpha value is -7.08. The van der Waals surface area contributed by atoms with Gasteiger partial charge in [0.2, 0.25) is 0 Å². The van der Waals surface area contributed by atoms with Gasteiger partial charge in [0, 0.05) is 38.2 Å². The molecule has 234 valence electrons. The molecule has 0 bridgehead atoms. The topological polar surface area (TPSA) is 62.4 Å². The molecule has 0 fully saturated rings. The molecule has 9 aromatic rings. The standard InChI is InChI=1S/C45H29N5/c1-3-4-15-31-29(2)48(38-21-10-5-16-32(31)38)44-30(27-46)26-43(49-39-22-11-6-17-33(39)34-18-7-12-23-40(34)49)45(37(44)28-47)50-41-24-13-8-19-35(41)36-20-9-14-25-42(36)50/h3-26H,1H2,2H3/b15-4-. The maximum Gasteiger partial charge on any atom is 0.104 e. The van der Waals surface area contributed by atoms with Crippen molar-refractivity contribution in [2.24, 2.45) is 0 Å². The number of rotatable bonds is 5. The van der Waals surface area contributed by atoms with E-state index in [0.29, 0.717) is 22.5 Å². The predicted octanol–water partition coefficient (Wildman–Crippen LogP) is 11.1. The highest BCUT2D eigenvalue weighted by molar-refractivity contribution is 6.12. The van der Waals surface area contributed by atoms with Gasteiger partial charge in [-0.1, -0.05) is 116 Å². The van der Waals surface area contributed by atoms with Crippen LogP contribution in [0.5, 0.6) is 0 Å². The van der Waals surface area contributed by atoms with Crippen molar-refractivity contribution in [3.05, 3.63) is 169 Å². The molecule has 0 atom stereocenters. The summed E-state index contributed by atoms with van der Waals surface area (Å²) in [5.41, 5.74) is 9.65. The molecule has 0 spiro atoms. The van der Waals surface area contributed by atoms with Gasteiger partial charge in [-0.15, -0.1) is 0 Å². The predicted molar refractivity (Wildman–Crippen MR) is 205 cm³/mol. The van der Waals surface area contributed by atoms with Crippen LogP contribution in [0.4, 0.5) is 0 Å². The van der Waals surface area contributed by atoms with E-state index in [1.807, 2.05) is 61.5 Å². The molecule has 0 saturated carbocycles. The fraction of sp³-hybridized carbons (Fsp3) is 0.0222. The molecule has 0 aliphatic heterocycles. The summed E-state index contributed by atoms with van der Waals surface area (Å²) in [6, 6.07) is 48.6. The average Bonchev–Trinajstić information content (AvgIpc) is 3.78.